The van der Waals surface area contributed by atoms with Crippen molar-refractivity contribution in [3.8, 4) is 0 Å². The van der Waals surface area contributed by atoms with Gasteiger partial charge in [0.05, 0.1) is 36.7 Å². The van der Waals surface area contributed by atoms with Gasteiger partial charge in [0.1, 0.15) is 0 Å². The van der Waals surface area contributed by atoms with E-state index >= 15 is 0 Å². The molecule has 2 aromatic heterocycles. The van der Waals surface area contributed by atoms with Crippen molar-refractivity contribution in [1.29, 1.82) is 0 Å². The van der Waals surface area contributed by atoms with Gasteiger partial charge in [-0.2, -0.15) is 0 Å². The maximum atomic E-state index is 11.7. The summed E-state index contributed by atoms with van der Waals surface area (Å²) >= 11 is 4.92. The fourth-order valence-electron chi connectivity index (χ4n) is 1.70. The molecule has 0 aliphatic carbocycles. The van der Waals surface area contributed by atoms with E-state index in [1.165, 1.54) is 30.2 Å². The molecular weight excluding hydrogens is 362 g/mol. The third-order valence-electron chi connectivity index (χ3n) is 2.71. The second kappa shape index (κ2) is 6.81. The van der Waals surface area contributed by atoms with Gasteiger partial charge >= 0.3 is 11.9 Å². The third kappa shape index (κ3) is 3.67. The van der Waals surface area contributed by atoms with Crippen molar-refractivity contribution in [1.82, 2.24) is 15.0 Å². The molecule has 0 bridgehead atoms. The number of halogens is 1. The number of hydrogen-bond acceptors (Lipinski definition) is 7. The van der Waals surface area contributed by atoms with Crippen LogP contribution in [0.2, 0.25) is 0 Å². The number of methoxy groups -OCH3 is 2. The first kappa shape index (κ1) is 15.6. The highest BCUT2D eigenvalue weighted by Crippen LogP contribution is 2.22. The molecule has 0 unspecified atom stereocenters. The average molecular weight is 374 g/mol. The van der Waals surface area contributed by atoms with Crippen molar-refractivity contribution in [3.05, 3.63) is 32.2 Å². The van der Waals surface area contributed by atoms with E-state index in [4.69, 9.17) is 0 Å². The van der Waals surface area contributed by atoms with Crippen LogP contribution in [0.3, 0.4) is 0 Å². The highest BCUT2D eigenvalue weighted by atomic mass is 79.9. The summed E-state index contributed by atoms with van der Waals surface area (Å²) in [5.74, 6) is -1.11. The van der Waals surface area contributed by atoms with Gasteiger partial charge in [0.2, 0.25) is 0 Å². The van der Waals surface area contributed by atoms with Gasteiger partial charge in [-0.15, -0.1) is 16.4 Å². The smallest absolute Gasteiger partial charge is 0.360 e. The summed E-state index contributed by atoms with van der Waals surface area (Å²) in [5, 5.41) is 9.67. The van der Waals surface area contributed by atoms with Crippen LogP contribution >= 0.6 is 27.3 Å². The second-order valence-corrected chi connectivity index (χ2v) is 6.34. The van der Waals surface area contributed by atoms with Gasteiger partial charge < -0.3 is 9.47 Å². The standard InChI is InChI=1S/C12H12BrN3O4S/c1-19-10(17)4-8-11(12(18)20-2)14-15-16(8)5-7-3-9(13)21-6-7/h3,6H,4-5H2,1-2H3. The Balaban J connectivity index is 2.33. The lowest BCUT2D eigenvalue weighted by atomic mass is 10.2. The Hall–Kier alpha value is -1.74. The monoisotopic (exact) mass is 373 g/mol. The molecule has 0 amide bonds. The minimum absolute atomic E-state index is 0.0252. The van der Waals surface area contributed by atoms with Crippen LogP contribution in [0.4, 0.5) is 0 Å². The van der Waals surface area contributed by atoms with Crippen LogP contribution in [0, 0.1) is 0 Å². The van der Waals surface area contributed by atoms with Crippen LogP contribution in [-0.2, 0) is 27.2 Å². The van der Waals surface area contributed by atoms with Crippen molar-refractivity contribution in [2.24, 2.45) is 0 Å². The van der Waals surface area contributed by atoms with Crippen molar-refractivity contribution in [2.75, 3.05) is 14.2 Å². The maximum Gasteiger partial charge on any atom is 0.360 e. The lowest BCUT2D eigenvalue weighted by molar-refractivity contribution is -0.139. The summed E-state index contributed by atoms with van der Waals surface area (Å²) < 4.78 is 11.8. The highest BCUT2D eigenvalue weighted by molar-refractivity contribution is 9.11. The Bertz CT molecular complexity index is 667. The van der Waals surface area contributed by atoms with Gasteiger partial charge in [0, 0.05) is 0 Å². The van der Waals surface area contributed by atoms with Gasteiger partial charge in [-0.25, -0.2) is 9.48 Å². The minimum atomic E-state index is -0.633. The molecule has 0 spiro atoms. The summed E-state index contributed by atoms with van der Waals surface area (Å²) in [4.78, 5) is 23.2. The van der Waals surface area contributed by atoms with E-state index in [-0.39, 0.29) is 12.1 Å². The van der Waals surface area contributed by atoms with Gasteiger partial charge in [-0.05, 0) is 32.9 Å². The van der Waals surface area contributed by atoms with Crippen LogP contribution in [-0.4, -0.2) is 41.2 Å². The highest BCUT2D eigenvalue weighted by Gasteiger charge is 2.23. The summed E-state index contributed by atoms with van der Waals surface area (Å²) in [6.45, 7) is 0.401. The maximum absolute atomic E-state index is 11.7. The summed E-state index contributed by atoms with van der Waals surface area (Å²) in [5.41, 5.74) is 1.38. The van der Waals surface area contributed by atoms with E-state index in [0.717, 1.165) is 9.35 Å². The van der Waals surface area contributed by atoms with Crippen LogP contribution in [0.25, 0.3) is 0 Å². The number of nitrogens with zero attached hydrogens (tertiary/aromatic N) is 3. The number of carbonyl (C=O) groups excluding carboxylic acids is 2. The molecule has 0 saturated carbocycles. The SMILES string of the molecule is COC(=O)Cc1c(C(=O)OC)nnn1Cc1csc(Br)c1. The molecule has 0 atom stereocenters. The molecule has 7 nitrogen and oxygen atoms in total. The largest absolute Gasteiger partial charge is 0.469 e. The molecule has 9 heteroatoms. The first-order valence-electron chi connectivity index (χ1n) is 5.85. The molecule has 0 aliphatic rings. The van der Waals surface area contributed by atoms with E-state index in [0.29, 0.717) is 12.2 Å². The van der Waals surface area contributed by atoms with Crippen molar-refractivity contribution in [2.45, 2.75) is 13.0 Å². The van der Waals surface area contributed by atoms with Crippen LogP contribution in [0.15, 0.2) is 15.2 Å². The molecule has 112 valence electrons. The molecule has 0 aliphatic heterocycles. The predicted octanol–water partition coefficient (Wildman–Crippen LogP) is 1.65. The number of ether oxygens (including phenoxy) is 2. The number of hydrogen-bond donors (Lipinski definition) is 0. The fourth-order valence-corrected chi connectivity index (χ4v) is 2.90. The zero-order valence-corrected chi connectivity index (χ0v) is 13.7. The topological polar surface area (TPSA) is 83.3 Å². The predicted molar refractivity (Wildman–Crippen MR) is 78.2 cm³/mol. The molecule has 0 radical (unpaired) electrons. The zero-order valence-electron chi connectivity index (χ0n) is 11.3. The molecule has 21 heavy (non-hydrogen) atoms. The molecule has 2 aromatic rings. The van der Waals surface area contributed by atoms with E-state index in [9.17, 15) is 9.59 Å². The Morgan fingerprint density at radius 1 is 1.38 bits per heavy atom. The summed E-state index contributed by atoms with van der Waals surface area (Å²) in [6, 6.07) is 1.94. The van der Waals surface area contributed by atoms with Gasteiger partial charge in [0.15, 0.2) is 5.69 Å². The van der Waals surface area contributed by atoms with Crippen LogP contribution < -0.4 is 0 Å². The Kier molecular flexibility index (Phi) is 5.07. The summed E-state index contributed by atoms with van der Waals surface area (Å²) in [7, 11) is 2.53. The van der Waals surface area contributed by atoms with Gasteiger partial charge in [-0.3, -0.25) is 4.79 Å². The summed E-state index contributed by atoms with van der Waals surface area (Å²) in [6.07, 6.45) is -0.0980. The Morgan fingerprint density at radius 3 is 2.71 bits per heavy atom. The number of esters is 2. The number of rotatable bonds is 5. The third-order valence-corrected chi connectivity index (χ3v) is 4.26. The van der Waals surface area contributed by atoms with Gasteiger partial charge in [-0.1, -0.05) is 5.21 Å². The lowest BCUT2D eigenvalue weighted by Gasteiger charge is -2.05. The quantitative estimate of drug-likeness (QED) is 0.741. The van der Waals surface area contributed by atoms with E-state index in [2.05, 4.69) is 35.7 Å². The van der Waals surface area contributed by atoms with E-state index in [1.54, 1.807) is 0 Å². The normalized spacial score (nSPS) is 10.4. The second-order valence-electron chi connectivity index (χ2n) is 4.05. The number of carbonyl (C=O) groups is 2. The molecule has 2 rings (SSSR count). The number of thiophene rings is 1. The van der Waals surface area contributed by atoms with Crippen LogP contribution in [0.5, 0.6) is 0 Å². The van der Waals surface area contributed by atoms with Crippen molar-refractivity contribution >= 4 is 39.2 Å². The molecule has 0 fully saturated rings. The fraction of sp³-hybridized carbons (Fsp3) is 0.333. The first-order chi connectivity index (χ1) is 10.0. The number of aromatic nitrogens is 3. The van der Waals surface area contributed by atoms with Crippen molar-refractivity contribution < 1.29 is 19.1 Å². The zero-order chi connectivity index (χ0) is 15.4. The Morgan fingerprint density at radius 2 is 2.14 bits per heavy atom. The molecular formula is C12H12BrN3O4S. The minimum Gasteiger partial charge on any atom is -0.469 e. The lowest BCUT2D eigenvalue weighted by Crippen LogP contribution is -2.15. The first-order valence-corrected chi connectivity index (χ1v) is 7.52. The molecule has 0 N–H and O–H groups in total. The molecule has 2 heterocycles. The van der Waals surface area contributed by atoms with E-state index < -0.39 is 11.9 Å². The molecule has 0 aromatic carbocycles. The van der Waals surface area contributed by atoms with Crippen molar-refractivity contribution in [3.63, 3.8) is 0 Å². The average Bonchev–Trinajstić information content (AvgIpc) is 3.05. The Labute approximate surface area is 133 Å². The van der Waals surface area contributed by atoms with E-state index in [1.807, 2.05) is 11.4 Å². The van der Waals surface area contributed by atoms with Gasteiger partial charge in [0.25, 0.3) is 0 Å². The molecule has 0 saturated heterocycles. The van der Waals surface area contributed by atoms with Crippen LogP contribution in [0.1, 0.15) is 21.7 Å².